The fraction of sp³-hybridized carbons (Fsp3) is 0.381. The smallest absolute Gasteiger partial charge is 0.251 e. The van der Waals surface area contributed by atoms with Crippen LogP contribution in [0.3, 0.4) is 0 Å². The van der Waals surface area contributed by atoms with Crippen LogP contribution in [0.5, 0.6) is 5.75 Å². The molecule has 0 heterocycles. The van der Waals surface area contributed by atoms with E-state index in [0.29, 0.717) is 17.9 Å². The Balaban J connectivity index is 1.96. The molecule has 0 aliphatic rings. The van der Waals surface area contributed by atoms with Crippen molar-refractivity contribution in [2.45, 2.75) is 17.9 Å². The van der Waals surface area contributed by atoms with Gasteiger partial charge in [-0.15, -0.1) is 0 Å². The second-order valence-electron chi connectivity index (χ2n) is 7.05. The van der Waals surface area contributed by atoms with E-state index in [2.05, 4.69) is 10.2 Å². The molecule has 0 saturated carbocycles. The van der Waals surface area contributed by atoms with E-state index in [-0.39, 0.29) is 17.3 Å². The highest BCUT2D eigenvalue weighted by molar-refractivity contribution is 7.89. The number of benzene rings is 2. The van der Waals surface area contributed by atoms with Gasteiger partial charge in [-0.1, -0.05) is 12.1 Å². The number of rotatable bonds is 10. The number of ether oxygens (including phenoxy) is 1. The first-order chi connectivity index (χ1) is 13.7. The van der Waals surface area contributed by atoms with Crippen LogP contribution in [0.4, 0.5) is 0 Å². The van der Waals surface area contributed by atoms with Crippen LogP contribution in [-0.2, 0) is 16.6 Å². The van der Waals surface area contributed by atoms with Crippen molar-refractivity contribution < 1.29 is 17.9 Å². The van der Waals surface area contributed by atoms with Gasteiger partial charge in [-0.25, -0.2) is 8.42 Å². The summed E-state index contributed by atoms with van der Waals surface area (Å²) in [6.07, 6.45) is 0.880. The predicted molar refractivity (Wildman–Crippen MR) is 114 cm³/mol. The minimum Gasteiger partial charge on any atom is -0.497 e. The molecule has 0 bridgehead atoms. The van der Waals surface area contributed by atoms with Gasteiger partial charge >= 0.3 is 0 Å². The number of nitrogens with one attached hydrogen (secondary N) is 1. The monoisotopic (exact) mass is 419 g/mol. The lowest BCUT2D eigenvalue weighted by molar-refractivity contribution is 0.0952. The first-order valence-electron chi connectivity index (χ1n) is 9.36. The normalized spacial score (nSPS) is 11.7. The SMILES string of the molecule is COc1ccc(S(=O)(=O)N(C)Cc2ccc(C(=O)NCCCN(C)C)cc2)cc1. The van der Waals surface area contributed by atoms with E-state index in [1.165, 1.54) is 30.6 Å². The minimum absolute atomic E-state index is 0.130. The van der Waals surface area contributed by atoms with Crippen LogP contribution < -0.4 is 10.1 Å². The molecule has 0 radical (unpaired) electrons. The van der Waals surface area contributed by atoms with Crippen LogP contribution >= 0.6 is 0 Å². The van der Waals surface area contributed by atoms with Crippen LogP contribution in [-0.4, -0.2) is 64.9 Å². The molecule has 1 amide bonds. The fourth-order valence-corrected chi connectivity index (χ4v) is 3.89. The molecule has 8 heteroatoms. The van der Waals surface area contributed by atoms with Crippen molar-refractivity contribution in [3.05, 3.63) is 59.7 Å². The fourth-order valence-electron chi connectivity index (χ4n) is 2.73. The Kier molecular flexibility index (Phi) is 8.19. The maximum Gasteiger partial charge on any atom is 0.251 e. The van der Waals surface area contributed by atoms with Crippen LogP contribution in [0, 0.1) is 0 Å². The standard InChI is InChI=1S/C21H29N3O4S/c1-23(2)15-5-14-22-21(25)18-8-6-17(7-9-18)16-24(3)29(26,27)20-12-10-19(28-4)11-13-20/h6-13H,5,14-16H2,1-4H3,(H,22,25). The Hall–Kier alpha value is -2.42. The molecule has 2 aromatic carbocycles. The number of nitrogens with zero attached hydrogens (tertiary/aromatic N) is 2. The third-order valence-corrected chi connectivity index (χ3v) is 6.27. The van der Waals surface area contributed by atoms with Crippen LogP contribution in [0.25, 0.3) is 0 Å². The highest BCUT2D eigenvalue weighted by atomic mass is 32.2. The first kappa shape index (κ1) is 22.9. The van der Waals surface area contributed by atoms with Gasteiger partial charge in [0.2, 0.25) is 10.0 Å². The van der Waals surface area contributed by atoms with Crippen molar-refractivity contribution in [2.75, 3.05) is 41.3 Å². The van der Waals surface area contributed by atoms with E-state index < -0.39 is 10.0 Å². The molecule has 0 saturated heterocycles. The lowest BCUT2D eigenvalue weighted by atomic mass is 10.1. The quantitative estimate of drug-likeness (QED) is 0.598. The molecule has 7 nitrogen and oxygen atoms in total. The summed E-state index contributed by atoms with van der Waals surface area (Å²) in [5, 5.41) is 2.89. The molecule has 0 spiro atoms. The molecule has 0 fully saturated rings. The Morgan fingerprint density at radius 2 is 1.62 bits per heavy atom. The summed E-state index contributed by atoms with van der Waals surface area (Å²) in [6, 6.07) is 13.3. The van der Waals surface area contributed by atoms with Gasteiger partial charge in [-0.05, 0) is 69.0 Å². The average molecular weight is 420 g/mol. The number of hydrogen-bond acceptors (Lipinski definition) is 5. The summed E-state index contributed by atoms with van der Waals surface area (Å²) in [6.45, 7) is 1.73. The largest absolute Gasteiger partial charge is 0.497 e. The third-order valence-electron chi connectivity index (χ3n) is 4.46. The average Bonchev–Trinajstić information content (AvgIpc) is 2.71. The molecule has 1 N–H and O–H groups in total. The molecule has 0 aromatic heterocycles. The van der Waals surface area contributed by atoms with Gasteiger partial charge in [0, 0.05) is 25.7 Å². The molecular formula is C21H29N3O4S. The van der Waals surface area contributed by atoms with Gasteiger partial charge in [0.05, 0.1) is 12.0 Å². The van der Waals surface area contributed by atoms with Crippen LogP contribution in [0.1, 0.15) is 22.3 Å². The predicted octanol–water partition coefficient (Wildman–Crippen LogP) is 2.20. The zero-order valence-corrected chi connectivity index (χ0v) is 18.2. The van der Waals surface area contributed by atoms with Gasteiger partial charge < -0.3 is 15.0 Å². The molecule has 2 rings (SSSR count). The molecule has 0 aliphatic carbocycles. The Morgan fingerprint density at radius 1 is 1.00 bits per heavy atom. The van der Waals surface area contributed by atoms with E-state index in [9.17, 15) is 13.2 Å². The summed E-state index contributed by atoms with van der Waals surface area (Å²) in [5.41, 5.74) is 1.35. The van der Waals surface area contributed by atoms with Crippen molar-refractivity contribution >= 4 is 15.9 Å². The summed E-state index contributed by atoms with van der Waals surface area (Å²) in [5.74, 6) is 0.469. The first-order valence-corrected chi connectivity index (χ1v) is 10.8. The molecule has 0 unspecified atom stereocenters. The summed E-state index contributed by atoms with van der Waals surface area (Å²) >= 11 is 0. The van der Waals surface area contributed by atoms with E-state index >= 15 is 0 Å². The molecule has 158 valence electrons. The van der Waals surface area contributed by atoms with E-state index in [4.69, 9.17) is 4.74 Å². The second kappa shape index (κ2) is 10.4. The van der Waals surface area contributed by atoms with Gasteiger partial charge in [-0.2, -0.15) is 4.31 Å². The summed E-state index contributed by atoms with van der Waals surface area (Å²) in [4.78, 5) is 14.4. The third kappa shape index (κ3) is 6.56. The number of amides is 1. The molecule has 0 aliphatic heterocycles. The Morgan fingerprint density at radius 3 is 2.17 bits per heavy atom. The van der Waals surface area contributed by atoms with Gasteiger partial charge in [0.1, 0.15) is 5.75 Å². The number of hydrogen-bond donors (Lipinski definition) is 1. The van der Waals surface area contributed by atoms with Crippen molar-refractivity contribution in [1.82, 2.24) is 14.5 Å². The highest BCUT2D eigenvalue weighted by Crippen LogP contribution is 2.20. The maximum absolute atomic E-state index is 12.7. The van der Waals surface area contributed by atoms with Gasteiger partial charge in [0.15, 0.2) is 0 Å². The van der Waals surface area contributed by atoms with Gasteiger partial charge in [-0.3, -0.25) is 4.79 Å². The zero-order valence-electron chi connectivity index (χ0n) is 17.4. The zero-order chi connectivity index (χ0) is 21.4. The van der Waals surface area contributed by atoms with Gasteiger partial charge in [0.25, 0.3) is 5.91 Å². The number of carbonyl (C=O) groups is 1. The molecule has 29 heavy (non-hydrogen) atoms. The second-order valence-corrected chi connectivity index (χ2v) is 9.09. The number of sulfonamides is 1. The number of carbonyl (C=O) groups excluding carboxylic acids is 1. The summed E-state index contributed by atoms with van der Waals surface area (Å²) in [7, 11) is 3.43. The minimum atomic E-state index is -3.62. The van der Waals surface area contributed by atoms with Crippen LogP contribution in [0.15, 0.2) is 53.4 Å². The van der Waals surface area contributed by atoms with Crippen molar-refractivity contribution in [3.63, 3.8) is 0 Å². The van der Waals surface area contributed by atoms with Crippen LogP contribution in [0.2, 0.25) is 0 Å². The lowest BCUT2D eigenvalue weighted by Gasteiger charge is -2.17. The van der Waals surface area contributed by atoms with Crippen molar-refractivity contribution in [2.24, 2.45) is 0 Å². The molecule has 2 aromatic rings. The Labute approximate surface area is 173 Å². The summed E-state index contributed by atoms with van der Waals surface area (Å²) < 4.78 is 31.8. The van der Waals surface area contributed by atoms with Crippen molar-refractivity contribution in [1.29, 1.82) is 0 Å². The molecule has 0 atom stereocenters. The van der Waals surface area contributed by atoms with E-state index in [1.807, 2.05) is 14.1 Å². The van der Waals surface area contributed by atoms with Crippen molar-refractivity contribution in [3.8, 4) is 5.75 Å². The maximum atomic E-state index is 12.7. The topological polar surface area (TPSA) is 79.0 Å². The Bertz CT molecular complexity index is 895. The van der Waals surface area contributed by atoms with E-state index in [0.717, 1.165) is 18.5 Å². The molecular weight excluding hydrogens is 390 g/mol. The number of methoxy groups -OCH3 is 1. The lowest BCUT2D eigenvalue weighted by Crippen LogP contribution is -2.27. The highest BCUT2D eigenvalue weighted by Gasteiger charge is 2.21. The van der Waals surface area contributed by atoms with E-state index in [1.54, 1.807) is 36.4 Å².